The number of aromatic nitrogens is 1. The van der Waals surface area contributed by atoms with Gasteiger partial charge in [-0.1, -0.05) is 68.8 Å². The Morgan fingerprint density at radius 1 is 1.11 bits per heavy atom. The molecule has 0 saturated carbocycles. The summed E-state index contributed by atoms with van der Waals surface area (Å²) in [5.74, 6) is 0.598. The van der Waals surface area contributed by atoms with Crippen molar-refractivity contribution >= 4 is 16.8 Å². The van der Waals surface area contributed by atoms with Gasteiger partial charge in [0, 0.05) is 36.0 Å². The third kappa shape index (κ3) is 4.41. The average molecular weight is 363 g/mol. The summed E-state index contributed by atoms with van der Waals surface area (Å²) in [4.78, 5) is 16.1. The van der Waals surface area contributed by atoms with Crippen LogP contribution >= 0.6 is 0 Å². The van der Waals surface area contributed by atoms with Crippen LogP contribution in [0.2, 0.25) is 0 Å². The number of nitrogens with one attached hydrogen (secondary N) is 2. The smallest absolute Gasteiger partial charge is 0.220 e. The van der Waals surface area contributed by atoms with Gasteiger partial charge in [-0.15, -0.1) is 0 Å². The summed E-state index contributed by atoms with van der Waals surface area (Å²) in [6.45, 7) is 9.21. The average Bonchev–Trinajstić information content (AvgIpc) is 3.09. The summed E-state index contributed by atoms with van der Waals surface area (Å²) in [7, 11) is 0. The van der Waals surface area contributed by atoms with E-state index < -0.39 is 0 Å². The number of aromatic amines is 1. The molecule has 0 fully saturated rings. The van der Waals surface area contributed by atoms with Crippen LogP contribution in [0.5, 0.6) is 0 Å². The lowest BCUT2D eigenvalue weighted by Gasteiger charge is -2.18. The summed E-state index contributed by atoms with van der Waals surface area (Å²) < 4.78 is 0. The van der Waals surface area contributed by atoms with E-state index in [1.165, 1.54) is 33.2 Å². The maximum atomic E-state index is 12.6. The molecule has 1 amide bonds. The summed E-state index contributed by atoms with van der Waals surface area (Å²) in [6.07, 6.45) is 3.53. The zero-order valence-corrected chi connectivity index (χ0v) is 16.8. The highest BCUT2D eigenvalue weighted by Crippen LogP contribution is 2.34. The minimum atomic E-state index is 0.0404. The molecule has 0 bridgehead atoms. The van der Waals surface area contributed by atoms with E-state index in [0.717, 1.165) is 6.42 Å². The number of fused-ring (bicyclic) bond motifs is 1. The fraction of sp³-hybridized carbons (Fsp3) is 0.375. The number of amides is 1. The van der Waals surface area contributed by atoms with Crippen molar-refractivity contribution in [2.24, 2.45) is 5.92 Å². The highest BCUT2D eigenvalue weighted by atomic mass is 16.1. The van der Waals surface area contributed by atoms with Crippen molar-refractivity contribution in [2.75, 3.05) is 6.54 Å². The Hall–Kier alpha value is -2.55. The number of benzene rings is 2. The lowest BCUT2D eigenvalue weighted by Crippen LogP contribution is -2.28. The van der Waals surface area contributed by atoms with Crippen molar-refractivity contribution < 1.29 is 4.79 Å². The molecule has 0 aliphatic rings. The first-order valence-electron chi connectivity index (χ1n) is 9.91. The number of para-hydroxylation sites is 1. The van der Waals surface area contributed by atoms with Gasteiger partial charge in [-0.05, 0) is 36.0 Å². The normalized spacial score (nSPS) is 12.5. The zero-order chi connectivity index (χ0) is 19.4. The molecule has 3 nitrogen and oxygen atoms in total. The molecule has 2 aromatic carbocycles. The second-order valence-corrected chi connectivity index (χ2v) is 7.80. The molecule has 3 rings (SSSR count). The molecule has 0 radical (unpaired) electrons. The molecule has 1 heterocycles. The van der Waals surface area contributed by atoms with E-state index in [1.807, 2.05) is 0 Å². The third-order valence-corrected chi connectivity index (χ3v) is 5.17. The highest BCUT2D eigenvalue weighted by Gasteiger charge is 2.22. The lowest BCUT2D eigenvalue weighted by molar-refractivity contribution is -0.121. The molecule has 27 heavy (non-hydrogen) atoms. The van der Waals surface area contributed by atoms with Gasteiger partial charge in [0.05, 0.1) is 0 Å². The number of carbonyl (C=O) groups is 1. The molecule has 0 aliphatic heterocycles. The summed E-state index contributed by atoms with van der Waals surface area (Å²) in [5.41, 5.74) is 6.11. The highest BCUT2D eigenvalue weighted by molar-refractivity contribution is 5.88. The summed E-state index contributed by atoms with van der Waals surface area (Å²) in [5, 5.41) is 4.30. The molecule has 1 atom stereocenters. The number of carbonyl (C=O) groups excluding carboxylic acids is 1. The maximum Gasteiger partial charge on any atom is 0.220 e. The van der Waals surface area contributed by atoms with E-state index >= 15 is 0 Å². The third-order valence-electron chi connectivity index (χ3n) is 5.17. The molecule has 142 valence electrons. The SMILES string of the molecule is CCc1cccc2c([C@H](CC(=O)NCC(C)C)c3ccc(C)cc3)c[nH]c12. The molecule has 2 N–H and O–H groups in total. The van der Waals surface area contributed by atoms with Crippen molar-refractivity contribution in [3.05, 3.63) is 70.9 Å². The fourth-order valence-electron chi connectivity index (χ4n) is 3.60. The van der Waals surface area contributed by atoms with E-state index in [-0.39, 0.29) is 11.8 Å². The van der Waals surface area contributed by atoms with Crippen molar-refractivity contribution in [1.82, 2.24) is 10.3 Å². The molecule has 3 aromatic rings. The van der Waals surface area contributed by atoms with E-state index in [0.29, 0.717) is 18.9 Å². The summed E-state index contributed by atoms with van der Waals surface area (Å²) >= 11 is 0. The van der Waals surface area contributed by atoms with Gasteiger partial charge in [-0.25, -0.2) is 0 Å². The van der Waals surface area contributed by atoms with Crippen LogP contribution in [0.15, 0.2) is 48.7 Å². The first-order chi connectivity index (χ1) is 13.0. The van der Waals surface area contributed by atoms with Gasteiger partial charge in [0.2, 0.25) is 5.91 Å². The molecule has 0 spiro atoms. The number of hydrogen-bond acceptors (Lipinski definition) is 1. The van der Waals surface area contributed by atoms with Crippen LogP contribution in [0.3, 0.4) is 0 Å². The van der Waals surface area contributed by atoms with Crippen LogP contribution in [-0.4, -0.2) is 17.4 Å². The van der Waals surface area contributed by atoms with E-state index in [4.69, 9.17) is 0 Å². The summed E-state index contributed by atoms with van der Waals surface area (Å²) in [6, 6.07) is 15.0. The number of hydrogen-bond donors (Lipinski definition) is 2. The first-order valence-corrected chi connectivity index (χ1v) is 9.91. The van der Waals surface area contributed by atoms with Crippen LogP contribution in [0.25, 0.3) is 10.9 Å². The minimum Gasteiger partial charge on any atom is -0.361 e. The second-order valence-electron chi connectivity index (χ2n) is 7.80. The van der Waals surface area contributed by atoms with Gasteiger partial charge < -0.3 is 10.3 Å². The maximum absolute atomic E-state index is 12.6. The number of rotatable bonds is 7. The Morgan fingerprint density at radius 2 is 1.85 bits per heavy atom. The van der Waals surface area contributed by atoms with Crippen LogP contribution in [0, 0.1) is 12.8 Å². The Balaban J connectivity index is 1.99. The van der Waals surface area contributed by atoms with Crippen molar-refractivity contribution in [3.8, 4) is 0 Å². The Bertz CT molecular complexity index is 906. The molecule has 0 aliphatic carbocycles. The predicted molar refractivity (Wildman–Crippen MR) is 113 cm³/mol. The predicted octanol–water partition coefficient (Wildman–Crippen LogP) is 5.33. The van der Waals surface area contributed by atoms with Gasteiger partial charge >= 0.3 is 0 Å². The van der Waals surface area contributed by atoms with Gasteiger partial charge in [0.15, 0.2) is 0 Å². The van der Waals surface area contributed by atoms with Gasteiger partial charge in [0.1, 0.15) is 0 Å². The van der Waals surface area contributed by atoms with E-state index in [9.17, 15) is 4.79 Å². The Morgan fingerprint density at radius 3 is 2.52 bits per heavy atom. The Kier molecular flexibility index (Phi) is 6.00. The number of aryl methyl sites for hydroxylation is 2. The molecule has 0 saturated heterocycles. The van der Waals surface area contributed by atoms with Crippen LogP contribution < -0.4 is 5.32 Å². The molecular formula is C24H30N2O. The lowest BCUT2D eigenvalue weighted by atomic mass is 9.87. The zero-order valence-electron chi connectivity index (χ0n) is 16.8. The number of H-pyrrole nitrogens is 1. The fourth-order valence-corrected chi connectivity index (χ4v) is 3.60. The largest absolute Gasteiger partial charge is 0.361 e. The molecule has 1 aromatic heterocycles. The van der Waals surface area contributed by atoms with Crippen LogP contribution in [0.4, 0.5) is 0 Å². The Labute approximate surface area is 162 Å². The van der Waals surface area contributed by atoms with Gasteiger partial charge in [0.25, 0.3) is 0 Å². The van der Waals surface area contributed by atoms with Crippen molar-refractivity contribution in [3.63, 3.8) is 0 Å². The quantitative estimate of drug-likeness (QED) is 0.586. The standard InChI is InChI=1S/C24H30N2O/c1-5-18-7-6-8-20-22(15-26-24(18)20)21(13-23(27)25-14-16(2)3)19-11-9-17(4)10-12-19/h6-12,15-16,21,26H,5,13-14H2,1-4H3,(H,25,27)/t21-/m1/s1. The van der Waals surface area contributed by atoms with E-state index in [2.05, 4.69) is 86.7 Å². The van der Waals surface area contributed by atoms with Gasteiger partial charge in [-0.2, -0.15) is 0 Å². The second kappa shape index (κ2) is 8.43. The molecule has 3 heteroatoms. The van der Waals surface area contributed by atoms with E-state index in [1.54, 1.807) is 0 Å². The van der Waals surface area contributed by atoms with Crippen molar-refractivity contribution in [1.29, 1.82) is 0 Å². The van der Waals surface area contributed by atoms with Crippen LogP contribution in [0.1, 0.15) is 55.4 Å². The molecule has 0 unspecified atom stereocenters. The molecular weight excluding hydrogens is 332 g/mol. The minimum absolute atomic E-state index is 0.0404. The van der Waals surface area contributed by atoms with Gasteiger partial charge in [-0.3, -0.25) is 4.79 Å². The van der Waals surface area contributed by atoms with Crippen LogP contribution in [-0.2, 0) is 11.2 Å². The monoisotopic (exact) mass is 362 g/mol. The topological polar surface area (TPSA) is 44.9 Å². The van der Waals surface area contributed by atoms with Crippen molar-refractivity contribution in [2.45, 2.75) is 46.5 Å². The first kappa shape index (κ1) is 19.2.